The number of aliphatic hydroxyl groups is 1. The van der Waals surface area contributed by atoms with Gasteiger partial charge in [0.2, 0.25) is 5.88 Å². The average Bonchev–Trinajstić information content (AvgIpc) is 2.74. The van der Waals surface area contributed by atoms with Crippen molar-refractivity contribution in [1.82, 2.24) is 14.8 Å². The molecule has 1 N–H and O–H groups in total. The van der Waals surface area contributed by atoms with Crippen LogP contribution in [0.15, 0.2) is 22.8 Å². The molecule has 1 unspecified atom stereocenters. The zero-order valence-corrected chi connectivity index (χ0v) is 13.4. The van der Waals surface area contributed by atoms with Crippen LogP contribution in [-0.4, -0.2) is 27.0 Å². The first-order chi connectivity index (χ1) is 9.56. The number of halogens is 1. The van der Waals surface area contributed by atoms with E-state index >= 15 is 0 Å². The number of aryl methyl sites for hydroxylation is 2. The first-order valence-corrected chi connectivity index (χ1v) is 7.24. The van der Waals surface area contributed by atoms with Crippen LogP contribution in [0.2, 0.25) is 0 Å². The maximum atomic E-state index is 10.3. The third kappa shape index (κ3) is 3.02. The number of nitrogens with zero attached hydrogens (tertiary/aromatic N) is 3. The van der Waals surface area contributed by atoms with Gasteiger partial charge in [-0.15, -0.1) is 0 Å². The summed E-state index contributed by atoms with van der Waals surface area (Å²) in [5.41, 5.74) is 2.74. The van der Waals surface area contributed by atoms with Crippen LogP contribution >= 0.6 is 15.9 Å². The molecule has 0 aliphatic rings. The van der Waals surface area contributed by atoms with Gasteiger partial charge in [-0.25, -0.2) is 4.98 Å². The fourth-order valence-electron chi connectivity index (χ4n) is 2.05. The van der Waals surface area contributed by atoms with Gasteiger partial charge in [-0.2, -0.15) is 5.10 Å². The molecule has 0 amide bonds. The van der Waals surface area contributed by atoms with Gasteiger partial charge in [0, 0.05) is 25.7 Å². The summed E-state index contributed by atoms with van der Waals surface area (Å²) in [6, 6.07) is 3.57. The number of hydrogen-bond donors (Lipinski definition) is 1. The second-order valence-corrected chi connectivity index (χ2v) is 5.33. The summed E-state index contributed by atoms with van der Waals surface area (Å²) in [7, 11) is 3.45. The Bertz CT molecular complexity index is 581. The molecule has 2 rings (SSSR count). The molecule has 5 nitrogen and oxygen atoms in total. The van der Waals surface area contributed by atoms with E-state index in [1.54, 1.807) is 19.4 Å². The molecular weight excluding hydrogens is 322 g/mol. The lowest BCUT2D eigenvalue weighted by atomic mass is 10.1. The number of methoxy groups -OCH3 is 1. The van der Waals surface area contributed by atoms with Crippen molar-refractivity contribution >= 4 is 15.9 Å². The largest absolute Gasteiger partial charge is 0.481 e. The number of hydrogen-bond acceptors (Lipinski definition) is 4. The van der Waals surface area contributed by atoms with Gasteiger partial charge in [-0.3, -0.25) is 4.68 Å². The van der Waals surface area contributed by atoms with E-state index in [4.69, 9.17) is 4.74 Å². The smallest absolute Gasteiger partial charge is 0.212 e. The third-order valence-corrected chi connectivity index (χ3v) is 4.16. The molecule has 0 aromatic carbocycles. The highest BCUT2D eigenvalue weighted by Gasteiger charge is 2.17. The van der Waals surface area contributed by atoms with Crippen LogP contribution in [0, 0.1) is 0 Å². The summed E-state index contributed by atoms with van der Waals surface area (Å²) >= 11 is 3.56. The molecule has 0 aliphatic carbocycles. The minimum atomic E-state index is -0.621. The van der Waals surface area contributed by atoms with Crippen molar-refractivity contribution in [2.24, 2.45) is 7.05 Å². The molecule has 0 bridgehead atoms. The highest BCUT2D eigenvalue weighted by Crippen LogP contribution is 2.26. The predicted molar refractivity (Wildman–Crippen MR) is 79.7 cm³/mol. The Hall–Kier alpha value is -1.40. The monoisotopic (exact) mass is 339 g/mol. The highest BCUT2D eigenvalue weighted by atomic mass is 79.9. The second kappa shape index (κ2) is 6.37. The van der Waals surface area contributed by atoms with Crippen molar-refractivity contribution in [3.8, 4) is 5.88 Å². The molecule has 0 fully saturated rings. The first kappa shape index (κ1) is 15.0. The number of aliphatic hydroxyl groups excluding tert-OH is 1. The SMILES string of the molecule is CCc1nn(C)c(CC(O)c2ccc(OC)nc2)c1Br. The Morgan fingerprint density at radius 1 is 1.45 bits per heavy atom. The summed E-state index contributed by atoms with van der Waals surface area (Å²) in [6.07, 6.45) is 2.35. The Balaban J connectivity index is 2.18. The zero-order chi connectivity index (χ0) is 14.7. The van der Waals surface area contributed by atoms with Crippen molar-refractivity contribution < 1.29 is 9.84 Å². The molecule has 2 aromatic heterocycles. The van der Waals surface area contributed by atoms with Crippen LogP contribution in [0.4, 0.5) is 0 Å². The fraction of sp³-hybridized carbons (Fsp3) is 0.429. The van der Waals surface area contributed by atoms with E-state index in [0.29, 0.717) is 12.3 Å². The van der Waals surface area contributed by atoms with E-state index in [-0.39, 0.29) is 0 Å². The maximum Gasteiger partial charge on any atom is 0.212 e. The lowest BCUT2D eigenvalue weighted by Gasteiger charge is -2.11. The molecule has 2 aromatic rings. The topological polar surface area (TPSA) is 60.2 Å². The normalized spacial score (nSPS) is 12.4. The summed E-state index contributed by atoms with van der Waals surface area (Å²) in [6.45, 7) is 2.06. The van der Waals surface area contributed by atoms with Gasteiger partial charge < -0.3 is 9.84 Å². The fourth-order valence-corrected chi connectivity index (χ4v) is 2.83. The molecule has 0 aliphatic heterocycles. The zero-order valence-electron chi connectivity index (χ0n) is 11.8. The van der Waals surface area contributed by atoms with Crippen LogP contribution in [0.3, 0.4) is 0 Å². The standard InChI is InChI=1S/C14H18BrN3O2/c1-4-10-14(15)11(18(2)17-10)7-12(19)9-5-6-13(20-3)16-8-9/h5-6,8,12,19H,4,7H2,1-3H3. The van der Waals surface area contributed by atoms with Crippen LogP contribution in [0.1, 0.15) is 30.0 Å². The molecule has 0 saturated heterocycles. The van der Waals surface area contributed by atoms with Gasteiger partial charge in [-0.05, 0) is 34.0 Å². The van der Waals surface area contributed by atoms with E-state index < -0.39 is 6.10 Å². The molecular formula is C14H18BrN3O2. The summed E-state index contributed by atoms with van der Waals surface area (Å²) in [5.74, 6) is 0.538. The van der Waals surface area contributed by atoms with Gasteiger partial charge >= 0.3 is 0 Å². The summed E-state index contributed by atoms with van der Waals surface area (Å²) < 4.78 is 7.79. The summed E-state index contributed by atoms with van der Waals surface area (Å²) in [4.78, 5) is 4.11. The van der Waals surface area contributed by atoms with Crippen LogP contribution in [0.5, 0.6) is 5.88 Å². The van der Waals surface area contributed by atoms with E-state index in [9.17, 15) is 5.11 Å². The average molecular weight is 340 g/mol. The maximum absolute atomic E-state index is 10.3. The number of ether oxygens (including phenoxy) is 1. The van der Waals surface area contributed by atoms with Gasteiger partial charge in [-0.1, -0.05) is 6.92 Å². The molecule has 1 atom stereocenters. The van der Waals surface area contributed by atoms with Gasteiger partial charge in [0.25, 0.3) is 0 Å². The Labute approximate surface area is 126 Å². The van der Waals surface area contributed by atoms with Crippen molar-refractivity contribution in [1.29, 1.82) is 0 Å². The Morgan fingerprint density at radius 2 is 2.20 bits per heavy atom. The lowest BCUT2D eigenvalue weighted by Crippen LogP contribution is -2.07. The Kier molecular flexibility index (Phi) is 4.77. The molecule has 0 spiro atoms. The van der Waals surface area contributed by atoms with E-state index in [1.165, 1.54) is 0 Å². The summed E-state index contributed by atoms with van der Waals surface area (Å²) in [5, 5.41) is 14.8. The minimum Gasteiger partial charge on any atom is -0.481 e. The lowest BCUT2D eigenvalue weighted by molar-refractivity contribution is 0.175. The van der Waals surface area contributed by atoms with Crippen molar-refractivity contribution in [3.05, 3.63) is 39.8 Å². The van der Waals surface area contributed by atoms with E-state index in [2.05, 4.69) is 32.9 Å². The van der Waals surface area contributed by atoms with Crippen LogP contribution in [0.25, 0.3) is 0 Å². The molecule has 0 radical (unpaired) electrons. The highest BCUT2D eigenvalue weighted by molar-refractivity contribution is 9.10. The molecule has 108 valence electrons. The van der Waals surface area contributed by atoms with Crippen molar-refractivity contribution in [2.45, 2.75) is 25.9 Å². The molecule has 6 heteroatoms. The van der Waals surface area contributed by atoms with Gasteiger partial charge in [0.1, 0.15) is 0 Å². The Morgan fingerprint density at radius 3 is 2.70 bits per heavy atom. The van der Waals surface area contributed by atoms with E-state index in [1.807, 2.05) is 17.8 Å². The second-order valence-electron chi connectivity index (χ2n) is 4.54. The minimum absolute atomic E-state index is 0.484. The molecule has 20 heavy (non-hydrogen) atoms. The third-order valence-electron chi connectivity index (χ3n) is 3.24. The van der Waals surface area contributed by atoms with Crippen LogP contribution < -0.4 is 4.74 Å². The molecule has 2 heterocycles. The van der Waals surface area contributed by atoms with Crippen molar-refractivity contribution in [3.63, 3.8) is 0 Å². The number of rotatable bonds is 5. The van der Waals surface area contributed by atoms with Crippen LogP contribution in [-0.2, 0) is 19.9 Å². The first-order valence-electron chi connectivity index (χ1n) is 6.45. The van der Waals surface area contributed by atoms with Crippen molar-refractivity contribution in [2.75, 3.05) is 7.11 Å². The number of pyridine rings is 1. The van der Waals surface area contributed by atoms with E-state index in [0.717, 1.165) is 27.8 Å². The predicted octanol–water partition coefficient (Wildman–Crippen LogP) is 2.42. The quantitative estimate of drug-likeness (QED) is 0.908. The van der Waals surface area contributed by atoms with Gasteiger partial charge in [0.05, 0.1) is 29.1 Å². The number of aromatic nitrogens is 3. The molecule has 0 saturated carbocycles. The van der Waals surface area contributed by atoms with Gasteiger partial charge in [0.15, 0.2) is 0 Å².